The standard InChI is InChI=1S/C12H21BrClN3/c1-5-10-12(13)11(17(4)16-10)7-15-9(3)8(2)6-14/h8-9,15H,5-7H2,1-4H3. The predicted molar refractivity (Wildman–Crippen MR) is 76.5 cm³/mol. The van der Waals surface area contributed by atoms with Crippen molar-refractivity contribution in [2.45, 2.75) is 39.8 Å². The van der Waals surface area contributed by atoms with Crippen LogP contribution < -0.4 is 5.32 Å². The van der Waals surface area contributed by atoms with E-state index in [1.165, 1.54) is 5.69 Å². The average Bonchev–Trinajstić information content (AvgIpc) is 2.60. The molecule has 0 saturated heterocycles. The lowest BCUT2D eigenvalue weighted by atomic mass is 10.1. The summed E-state index contributed by atoms with van der Waals surface area (Å²) in [5.41, 5.74) is 2.30. The van der Waals surface area contributed by atoms with Gasteiger partial charge >= 0.3 is 0 Å². The third kappa shape index (κ3) is 3.70. The molecule has 0 spiro atoms. The van der Waals surface area contributed by atoms with E-state index in [-0.39, 0.29) is 0 Å². The molecule has 0 radical (unpaired) electrons. The minimum absolute atomic E-state index is 0.402. The topological polar surface area (TPSA) is 29.9 Å². The summed E-state index contributed by atoms with van der Waals surface area (Å²) in [5, 5.41) is 7.97. The van der Waals surface area contributed by atoms with Crippen molar-refractivity contribution in [3.05, 3.63) is 15.9 Å². The van der Waals surface area contributed by atoms with Crippen LogP contribution in [-0.4, -0.2) is 21.7 Å². The SMILES string of the molecule is CCc1nn(C)c(CNC(C)C(C)CCl)c1Br. The molecule has 3 nitrogen and oxygen atoms in total. The molecule has 5 heteroatoms. The molecule has 0 aliphatic heterocycles. The van der Waals surface area contributed by atoms with Crippen LogP contribution in [-0.2, 0) is 20.0 Å². The van der Waals surface area contributed by atoms with Gasteiger partial charge in [-0.3, -0.25) is 4.68 Å². The largest absolute Gasteiger partial charge is 0.308 e. The average molecular weight is 323 g/mol. The molecule has 0 aliphatic rings. The first kappa shape index (κ1) is 15.0. The number of rotatable bonds is 6. The van der Waals surface area contributed by atoms with Gasteiger partial charge in [0.1, 0.15) is 0 Å². The third-order valence-electron chi connectivity index (χ3n) is 3.19. The molecule has 1 N–H and O–H groups in total. The Morgan fingerprint density at radius 1 is 1.47 bits per heavy atom. The first-order chi connectivity index (χ1) is 8.01. The molecule has 1 aromatic rings. The molecule has 0 fully saturated rings. The molecule has 98 valence electrons. The lowest BCUT2D eigenvalue weighted by molar-refractivity contribution is 0.422. The van der Waals surface area contributed by atoms with Crippen molar-refractivity contribution in [2.24, 2.45) is 13.0 Å². The molecule has 0 bridgehead atoms. The van der Waals surface area contributed by atoms with E-state index in [4.69, 9.17) is 11.6 Å². The van der Waals surface area contributed by atoms with Crippen molar-refractivity contribution in [1.82, 2.24) is 15.1 Å². The Hall–Kier alpha value is -0.0600. The zero-order valence-electron chi connectivity index (χ0n) is 10.9. The van der Waals surface area contributed by atoms with E-state index in [0.717, 1.165) is 23.1 Å². The number of alkyl halides is 1. The summed E-state index contributed by atoms with van der Waals surface area (Å²) in [6.07, 6.45) is 0.946. The molecule has 1 aromatic heterocycles. The molecule has 2 unspecified atom stereocenters. The predicted octanol–water partition coefficient (Wildman–Crippen LogP) is 3.10. The second-order valence-electron chi connectivity index (χ2n) is 4.49. The van der Waals surface area contributed by atoms with Gasteiger partial charge in [0.15, 0.2) is 0 Å². The molecular formula is C12H21BrClN3. The van der Waals surface area contributed by atoms with Gasteiger partial charge in [0, 0.05) is 25.5 Å². The highest BCUT2D eigenvalue weighted by Crippen LogP contribution is 2.21. The van der Waals surface area contributed by atoms with Gasteiger partial charge in [-0.2, -0.15) is 5.10 Å². The lowest BCUT2D eigenvalue weighted by Crippen LogP contribution is -2.33. The fourth-order valence-electron chi connectivity index (χ4n) is 1.60. The van der Waals surface area contributed by atoms with Crippen molar-refractivity contribution in [1.29, 1.82) is 0 Å². The van der Waals surface area contributed by atoms with Crippen LogP contribution in [0.25, 0.3) is 0 Å². The molecular weight excluding hydrogens is 302 g/mol. The summed E-state index contributed by atoms with van der Waals surface area (Å²) in [5.74, 6) is 1.15. The van der Waals surface area contributed by atoms with Crippen LogP contribution in [0.15, 0.2) is 4.47 Å². The van der Waals surface area contributed by atoms with E-state index < -0.39 is 0 Å². The van der Waals surface area contributed by atoms with E-state index >= 15 is 0 Å². The molecule has 1 rings (SSSR count). The van der Waals surface area contributed by atoms with Gasteiger partial charge in [-0.25, -0.2) is 0 Å². The normalized spacial score (nSPS) is 14.9. The monoisotopic (exact) mass is 321 g/mol. The summed E-state index contributed by atoms with van der Waals surface area (Å²) >= 11 is 9.47. The number of hydrogen-bond acceptors (Lipinski definition) is 2. The van der Waals surface area contributed by atoms with E-state index in [0.29, 0.717) is 17.8 Å². The zero-order valence-corrected chi connectivity index (χ0v) is 13.3. The molecule has 2 atom stereocenters. The quantitative estimate of drug-likeness (QED) is 0.816. The van der Waals surface area contributed by atoms with E-state index in [1.807, 2.05) is 11.7 Å². The van der Waals surface area contributed by atoms with E-state index in [9.17, 15) is 0 Å². The van der Waals surface area contributed by atoms with Crippen LogP contribution >= 0.6 is 27.5 Å². The smallest absolute Gasteiger partial charge is 0.0767 e. The summed E-state index contributed by atoms with van der Waals surface area (Å²) in [7, 11) is 1.98. The second-order valence-corrected chi connectivity index (χ2v) is 5.59. The Morgan fingerprint density at radius 3 is 2.59 bits per heavy atom. The van der Waals surface area contributed by atoms with Gasteiger partial charge in [-0.05, 0) is 35.2 Å². The summed E-state index contributed by atoms with van der Waals surface area (Å²) < 4.78 is 3.06. The van der Waals surface area contributed by atoms with Gasteiger partial charge in [0.05, 0.1) is 15.9 Å². The van der Waals surface area contributed by atoms with Gasteiger partial charge in [-0.1, -0.05) is 13.8 Å². The van der Waals surface area contributed by atoms with Crippen LogP contribution in [0.1, 0.15) is 32.2 Å². The van der Waals surface area contributed by atoms with Gasteiger partial charge in [0.2, 0.25) is 0 Å². The Balaban J connectivity index is 2.66. The maximum atomic E-state index is 5.85. The van der Waals surface area contributed by atoms with Crippen molar-refractivity contribution < 1.29 is 0 Å². The molecule has 17 heavy (non-hydrogen) atoms. The summed E-state index contributed by atoms with van der Waals surface area (Å²) in [6, 6.07) is 0.402. The molecule has 0 saturated carbocycles. The highest BCUT2D eigenvalue weighted by Gasteiger charge is 2.15. The molecule has 1 heterocycles. The number of aromatic nitrogens is 2. The van der Waals surface area contributed by atoms with Crippen LogP contribution in [0.4, 0.5) is 0 Å². The van der Waals surface area contributed by atoms with E-state index in [2.05, 4.69) is 47.1 Å². The Bertz CT molecular complexity index is 365. The Labute approximate surface area is 117 Å². The zero-order chi connectivity index (χ0) is 13.0. The van der Waals surface area contributed by atoms with Gasteiger partial charge < -0.3 is 5.32 Å². The van der Waals surface area contributed by atoms with Crippen molar-refractivity contribution >= 4 is 27.5 Å². The number of halogens is 2. The summed E-state index contributed by atoms with van der Waals surface area (Å²) in [4.78, 5) is 0. The van der Waals surface area contributed by atoms with Gasteiger partial charge in [-0.15, -0.1) is 11.6 Å². The Kier molecular flexibility index (Phi) is 5.97. The third-order valence-corrected chi connectivity index (χ3v) is 4.59. The molecule has 0 aliphatic carbocycles. The van der Waals surface area contributed by atoms with Crippen molar-refractivity contribution in [2.75, 3.05) is 5.88 Å². The number of nitrogens with one attached hydrogen (secondary N) is 1. The summed E-state index contributed by atoms with van der Waals surface area (Å²) in [6.45, 7) is 7.24. The minimum atomic E-state index is 0.402. The number of nitrogens with zero attached hydrogens (tertiary/aromatic N) is 2. The molecule has 0 aromatic carbocycles. The van der Waals surface area contributed by atoms with Crippen LogP contribution in [0.2, 0.25) is 0 Å². The van der Waals surface area contributed by atoms with Gasteiger partial charge in [0.25, 0.3) is 0 Å². The highest BCUT2D eigenvalue weighted by atomic mass is 79.9. The lowest BCUT2D eigenvalue weighted by Gasteiger charge is -2.19. The minimum Gasteiger partial charge on any atom is -0.308 e. The maximum Gasteiger partial charge on any atom is 0.0767 e. The number of aryl methyl sites for hydroxylation is 2. The van der Waals surface area contributed by atoms with Crippen LogP contribution in [0.5, 0.6) is 0 Å². The molecule has 0 amide bonds. The maximum absolute atomic E-state index is 5.85. The fourth-order valence-corrected chi connectivity index (χ4v) is 2.63. The number of hydrogen-bond donors (Lipinski definition) is 1. The highest BCUT2D eigenvalue weighted by molar-refractivity contribution is 9.10. The first-order valence-electron chi connectivity index (χ1n) is 6.00. The Morgan fingerprint density at radius 2 is 2.12 bits per heavy atom. The van der Waals surface area contributed by atoms with Crippen molar-refractivity contribution in [3.8, 4) is 0 Å². The van der Waals surface area contributed by atoms with E-state index in [1.54, 1.807) is 0 Å². The van der Waals surface area contributed by atoms with Crippen LogP contribution in [0.3, 0.4) is 0 Å². The van der Waals surface area contributed by atoms with Crippen LogP contribution in [0, 0.1) is 5.92 Å². The second kappa shape index (κ2) is 6.76. The van der Waals surface area contributed by atoms with Crippen molar-refractivity contribution in [3.63, 3.8) is 0 Å². The fraction of sp³-hybridized carbons (Fsp3) is 0.750. The first-order valence-corrected chi connectivity index (χ1v) is 7.33.